The Labute approximate surface area is 320 Å². The molecule has 0 bridgehead atoms. The van der Waals surface area contributed by atoms with Crippen molar-refractivity contribution in [2.45, 2.75) is 39.4 Å². The monoisotopic (exact) mass is 873 g/mol. The smallest absolute Gasteiger partial charge is 0.0795 e. The molecular formula is C46H40IrN2SSi-2. The molecule has 0 unspecified atom stereocenters. The number of aromatic nitrogens is 2. The van der Waals surface area contributed by atoms with Crippen molar-refractivity contribution in [3.63, 3.8) is 0 Å². The Kier molecular flexibility index (Phi) is 11.2. The first kappa shape index (κ1) is 36.3. The summed E-state index contributed by atoms with van der Waals surface area (Å²) in [6.45, 7) is 11.4. The van der Waals surface area contributed by atoms with Gasteiger partial charge in [-0.15, -0.1) is 59.7 Å². The summed E-state index contributed by atoms with van der Waals surface area (Å²) in [6, 6.07) is 53.6. The second-order valence-corrected chi connectivity index (χ2v) is 20.1. The van der Waals surface area contributed by atoms with Crippen molar-refractivity contribution >= 4 is 44.8 Å². The van der Waals surface area contributed by atoms with Crippen molar-refractivity contribution in [3.8, 4) is 44.8 Å². The molecule has 0 N–H and O–H groups in total. The van der Waals surface area contributed by atoms with E-state index in [2.05, 4.69) is 159 Å². The largest absolute Gasteiger partial charge is 0.305 e. The molecule has 8 rings (SSSR count). The molecule has 0 aliphatic rings. The molecule has 0 atom stereocenters. The molecule has 3 aromatic heterocycles. The fourth-order valence-corrected chi connectivity index (χ4v) is 8.31. The normalized spacial score (nSPS) is 11.3. The maximum Gasteiger partial charge on any atom is 0.0795 e. The number of nitrogens with zero attached hydrogens (tertiary/aromatic N) is 2. The van der Waals surface area contributed by atoms with Crippen LogP contribution >= 0.6 is 11.3 Å². The molecule has 2 nitrogen and oxygen atoms in total. The quantitative estimate of drug-likeness (QED) is 0.123. The summed E-state index contributed by atoms with van der Waals surface area (Å²) in [7, 11) is -1.23. The molecule has 5 heteroatoms. The van der Waals surface area contributed by atoms with E-state index < -0.39 is 8.07 Å². The van der Waals surface area contributed by atoms with Crippen LogP contribution in [-0.2, 0) is 20.1 Å². The fourth-order valence-electron chi connectivity index (χ4n) is 6.09. The molecule has 1 radical (unpaired) electrons. The van der Waals surface area contributed by atoms with E-state index >= 15 is 0 Å². The predicted molar refractivity (Wildman–Crippen MR) is 218 cm³/mol. The zero-order chi connectivity index (χ0) is 34.7. The van der Waals surface area contributed by atoms with Crippen LogP contribution in [0.15, 0.2) is 146 Å². The molecule has 8 aromatic rings. The summed E-state index contributed by atoms with van der Waals surface area (Å²) in [6.07, 6.45) is 3.93. The molecule has 5 aromatic carbocycles. The third kappa shape index (κ3) is 8.19. The number of benzene rings is 5. The van der Waals surface area contributed by atoms with Crippen LogP contribution in [0.25, 0.3) is 64.9 Å². The minimum absolute atomic E-state index is 0. The number of fused-ring (bicyclic) bond motifs is 3. The molecule has 0 saturated heterocycles. The Morgan fingerprint density at radius 3 is 1.98 bits per heavy atom. The van der Waals surface area contributed by atoms with Crippen LogP contribution in [0.3, 0.4) is 0 Å². The Morgan fingerprint density at radius 1 is 0.608 bits per heavy atom. The van der Waals surface area contributed by atoms with Gasteiger partial charge in [-0.25, -0.2) is 0 Å². The van der Waals surface area contributed by atoms with E-state index in [1.165, 1.54) is 53.2 Å². The average Bonchev–Trinajstić information content (AvgIpc) is 3.54. The van der Waals surface area contributed by atoms with Gasteiger partial charge in [-0.05, 0) is 73.0 Å². The fraction of sp³-hybridized carbons (Fsp3) is 0.130. The third-order valence-electron chi connectivity index (χ3n) is 9.08. The number of hydrogen-bond donors (Lipinski definition) is 0. The molecule has 0 aliphatic heterocycles. The SMILES string of the molecule is CC(C)c1ccnc(-c2[c-]ccc3c2sc2ccc(-c4ccc(-c5ccccc5)cc4)cc23)c1.C[Si](C)(C)c1ccc(-c2[c-]cccc2)nc1.[Ir]. The Hall–Kier alpha value is -4.51. The van der Waals surface area contributed by atoms with Crippen LogP contribution < -0.4 is 5.19 Å². The summed E-state index contributed by atoms with van der Waals surface area (Å²) in [4.78, 5) is 9.20. The van der Waals surface area contributed by atoms with Crippen molar-refractivity contribution in [3.05, 3.63) is 164 Å². The van der Waals surface area contributed by atoms with Crippen molar-refractivity contribution < 1.29 is 20.1 Å². The van der Waals surface area contributed by atoms with Crippen molar-refractivity contribution in [1.29, 1.82) is 0 Å². The Bertz CT molecular complexity index is 2360. The second-order valence-electron chi connectivity index (χ2n) is 13.9. The number of thiophene rings is 1. The molecular weight excluding hydrogens is 833 g/mol. The van der Waals surface area contributed by atoms with Gasteiger partial charge < -0.3 is 9.97 Å². The van der Waals surface area contributed by atoms with Gasteiger partial charge in [-0.3, -0.25) is 0 Å². The first-order valence-corrected chi connectivity index (χ1v) is 21.5. The van der Waals surface area contributed by atoms with Crippen molar-refractivity contribution in [1.82, 2.24) is 9.97 Å². The van der Waals surface area contributed by atoms with Crippen LogP contribution in [0.4, 0.5) is 0 Å². The van der Waals surface area contributed by atoms with Gasteiger partial charge in [-0.2, -0.15) is 11.3 Å². The van der Waals surface area contributed by atoms with Crippen LogP contribution in [0.5, 0.6) is 0 Å². The number of hydrogen-bond acceptors (Lipinski definition) is 3. The van der Waals surface area contributed by atoms with E-state index in [9.17, 15) is 0 Å². The van der Waals surface area contributed by atoms with Gasteiger partial charge in [0.2, 0.25) is 0 Å². The number of rotatable bonds is 6. The standard InChI is InChI=1S/C32H24NS.C14H16NSi.Ir/c1-21(2)25-17-18-33-30(20-25)28-10-6-9-27-29-19-26(15-16-31(29)34-32(27)28)24-13-11-23(12-14-24)22-7-4-3-5-8-22;1-16(2,3)13-9-10-14(15-11-13)12-7-5-4-6-8-12;/h3-9,11-21H,1-2H3;4-7,9-11H,1-3H3;/q2*-1;. The predicted octanol–water partition coefficient (Wildman–Crippen LogP) is 12.5. The second kappa shape index (κ2) is 15.8. The molecule has 0 saturated carbocycles. The summed E-state index contributed by atoms with van der Waals surface area (Å²) >= 11 is 1.83. The summed E-state index contributed by atoms with van der Waals surface area (Å²) in [5.41, 5.74) is 10.4. The molecule has 255 valence electrons. The van der Waals surface area contributed by atoms with Crippen LogP contribution in [0.2, 0.25) is 19.6 Å². The van der Waals surface area contributed by atoms with Gasteiger partial charge >= 0.3 is 0 Å². The molecule has 51 heavy (non-hydrogen) atoms. The minimum atomic E-state index is -1.23. The first-order valence-electron chi connectivity index (χ1n) is 17.2. The zero-order valence-corrected chi connectivity index (χ0v) is 33.8. The summed E-state index contributed by atoms with van der Waals surface area (Å²) < 4.78 is 2.54. The van der Waals surface area contributed by atoms with Crippen LogP contribution in [0, 0.1) is 12.1 Å². The van der Waals surface area contributed by atoms with Crippen molar-refractivity contribution in [2.75, 3.05) is 0 Å². The maximum absolute atomic E-state index is 4.69. The molecule has 0 fully saturated rings. The maximum atomic E-state index is 4.69. The van der Waals surface area contributed by atoms with E-state index in [-0.39, 0.29) is 20.1 Å². The Balaban J connectivity index is 0.000000222. The van der Waals surface area contributed by atoms with Crippen molar-refractivity contribution in [2.24, 2.45) is 0 Å². The van der Waals surface area contributed by atoms with E-state index in [1.54, 1.807) is 0 Å². The first-order chi connectivity index (χ1) is 24.2. The van der Waals surface area contributed by atoms with Gasteiger partial charge in [0.25, 0.3) is 0 Å². The average molecular weight is 873 g/mol. The van der Waals surface area contributed by atoms with E-state index in [0.717, 1.165) is 22.5 Å². The van der Waals surface area contributed by atoms with Gasteiger partial charge in [0.05, 0.1) is 8.07 Å². The van der Waals surface area contributed by atoms with E-state index in [1.807, 2.05) is 54.1 Å². The van der Waals surface area contributed by atoms with E-state index in [4.69, 9.17) is 0 Å². The Morgan fingerprint density at radius 2 is 1.31 bits per heavy atom. The van der Waals surface area contributed by atoms with Gasteiger partial charge in [-0.1, -0.05) is 123 Å². The van der Waals surface area contributed by atoms with Gasteiger partial charge in [0.15, 0.2) is 0 Å². The minimum Gasteiger partial charge on any atom is -0.305 e. The van der Waals surface area contributed by atoms with E-state index in [0.29, 0.717) is 5.92 Å². The molecule has 0 aliphatic carbocycles. The third-order valence-corrected chi connectivity index (χ3v) is 12.3. The number of pyridine rings is 2. The molecule has 3 heterocycles. The summed E-state index contributed by atoms with van der Waals surface area (Å²) in [5, 5.41) is 3.96. The van der Waals surface area contributed by atoms with Crippen LogP contribution in [-0.4, -0.2) is 18.0 Å². The van der Waals surface area contributed by atoms with Gasteiger partial charge in [0.1, 0.15) is 0 Å². The van der Waals surface area contributed by atoms with Gasteiger partial charge in [0, 0.05) is 37.2 Å². The van der Waals surface area contributed by atoms with Crippen LogP contribution in [0.1, 0.15) is 25.3 Å². The molecule has 0 amide bonds. The summed E-state index contributed by atoms with van der Waals surface area (Å²) in [5.74, 6) is 0.471. The molecule has 0 spiro atoms. The topological polar surface area (TPSA) is 25.8 Å². The zero-order valence-electron chi connectivity index (χ0n) is 29.6.